The molecule has 4 heteroatoms. The van der Waals surface area contributed by atoms with Gasteiger partial charge in [-0.25, -0.2) is 0 Å². The second-order valence-electron chi connectivity index (χ2n) is 4.83. The van der Waals surface area contributed by atoms with Crippen LogP contribution in [0.15, 0.2) is 0 Å². The Kier molecular flexibility index (Phi) is 6.52. The molecule has 0 aromatic carbocycles. The number of ether oxygens (including phenoxy) is 1. The number of amides is 1. The van der Waals surface area contributed by atoms with Crippen molar-refractivity contribution >= 4 is 5.91 Å². The highest BCUT2D eigenvalue weighted by Crippen LogP contribution is 2.08. The summed E-state index contributed by atoms with van der Waals surface area (Å²) in [5.41, 5.74) is 0. The minimum absolute atomic E-state index is 0.188. The largest absolute Gasteiger partial charge is 0.378 e. The van der Waals surface area contributed by atoms with Gasteiger partial charge in [0, 0.05) is 13.1 Å². The second-order valence-corrected chi connectivity index (χ2v) is 4.83. The van der Waals surface area contributed by atoms with Gasteiger partial charge in [0.15, 0.2) is 0 Å². The van der Waals surface area contributed by atoms with Crippen LogP contribution in [0.5, 0.6) is 0 Å². The summed E-state index contributed by atoms with van der Waals surface area (Å²) in [5, 5.41) is 3.30. The van der Waals surface area contributed by atoms with Gasteiger partial charge in [-0.05, 0) is 39.3 Å². The first-order valence-electron chi connectivity index (χ1n) is 6.73. The molecule has 1 rings (SSSR count). The quantitative estimate of drug-likeness (QED) is 0.765. The first-order chi connectivity index (χ1) is 8.15. The van der Waals surface area contributed by atoms with Gasteiger partial charge in [0.25, 0.3) is 0 Å². The standard InChI is InChI=1S/C13H26N2O2/c1-4-11(2)15(3)13(16)7-10-17-12-5-8-14-9-6-12/h11-12,14H,4-10H2,1-3H3. The zero-order valence-corrected chi connectivity index (χ0v) is 11.4. The molecule has 0 aromatic rings. The summed E-state index contributed by atoms with van der Waals surface area (Å²) in [4.78, 5) is 13.6. The predicted molar refractivity (Wildman–Crippen MR) is 69.0 cm³/mol. The molecule has 1 unspecified atom stereocenters. The topological polar surface area (TPSA) is 41.6 Å². The summed E-state index contributed by atoms with van der Waals surface area (Å²) in [5.74, 6) is 0.188. The van der Waals surface area contributed by atoms with E-state index in [1.807, 2.05) is 11.9 Å². The van der Waals surface area contributed by atoms with Gasteiger partial charge in [-0.3, -0.25) is 4.79 Å². The third-order valence-corrected chi connectivity index (χ3v) is 3.60. The molecule has 1 atom stereocenters. The van der Waals surface area contributed by atoms with Crippen LogP contribution in [-0.4, -0.2) is 49.7 Å². The molecule has 0 aliphatic carbocycles. The van der Waals surface area contributed by atoms with Crippen molar-refractivity contribution in [3.63, 3.8) is 0 Å². The van der Waals surface area contributed by atoms with Crippen LogP contribution in [0.4, 0.5) is 0 Å². The van der Waals surface area contributed by atoms with Crippen molar-refractivity contribution < 1.29 is 9.53 Å². The van der Waals surface area contributed by atoms with E-state index in [9.17, 15) is 4.79 Å². The van der Waals surface area contributed by atoms with E-state index >= 15 is 0 Å². The maximum absolute atomic E-state index is 11.8. The number of carbonyl (C=O) groups is 1. The number of piperidine rings is 1. The minimum atomic E-state index is 0.188. The Balaban J connectivity index is 2.14. The Morgan fingerprint density at radius 3 is 2.71 bits per heavy atom. The van der Waals surface area contributed by atoms with Crippen LogP contribution in [0.25, 0.3) is 0 Å². The Morgan fingerprint density at radius 1 is 1.47 bits per heavy atom. The van der Waals surface area contributed by atoms with Crippen LogP contribution in [0.2, 0.25) is 0 Å². The van der Waals surface area contributed by atoms with Crippen molar-refractivity contribution in [3.05, 3.63) is 0 Å². The summed E-state index contributed by atoms with van der Waals surface area (Å²) in [6.07, 6.45) is 3.98. The van der Waals surface area contributed by atoms with Gasteiger partial charge in [0.05, 0.1) is 19.1 Å². The van der Waals surface area contributed by atoms with Crippen LogP contribution in [-0.2, 0) is 9.53 Å². The number of nitrogens with zero attached hydrogens (tertiary/aromatic N) is 1. The zero-order valence-electron chi connectivity index (χ0n) is 11.4. The molecule has 1 heterocycles. The maximum atomic E-state index is 11.8. The molecule has 0 saturated carbocycles. The lowest BCUT2D eigenvalue weighted by atomic mass is 10.1. The molecular formula is C13H26N2O2. The summed E-state index contributed by atoms with van der Waals surface area (Å²) in [7, 11) is 1.88. The summed E-state index contributed by atoms with van der Waals surface area (Å²) in [6, 6.07) is 0.321. The molecule has 17 heavy (non-hydrogen) atoms. The van der Waals surface area contributed by atoms with Gasteiger partial charge in [0.2, 0.25) is 5.91 Å². The fraction of sp³-hybridized carbons (Fsp3) is 0.923. The van der Waals surface area contributed by atoms with E-state index in [0.29, 0.717) is 25.2 Å². The molecule has 1 N–H and O–H groups in total. The highest BCUT2D eigenvalue weighted by Gasteiger charge is 2.16. The number of carbonyl (C=O) groups excluding carboxylic acids is 1. The van der Waals surface area contributed by atoms with Crippen molar-refractivity contribution in [1.82, 2.24) is 10.2 Å². The number of nitrogens with one attached hydrogen (secondary N) is 1. The molecule has 0 bridgehead atoms. The monoisotopic (exact) mass is 242 g/mol. The van der Waals surface area contributed by atoms with E-state index in [1.54, 1.807) is 0 Å². The smallest absolute Gasteiger partial charge is 0.224 e. The highest BCUT2D eigenvalue weighted by atomic mass is 16.5. The van der Waals surface area contributed by atoms with Gasteiger partial charge >= 0.3 is 0 Å². The number of rotatable bonds is 6. The van der Waals surface area contributed by atoms with Gasteiger partial charge < -0.3 is 15.0 Å². The minimum Gasteiger partial charge on any atom is -0.378 e. The van der Waals surface area contributed by atoms with Crippen LogP contribution in [0.3, 0.4) is 0 Å². The lowest BCUT2D eigenvalue weighted by Gasteiger charge is -2.25. The molecule has 0 aromatic heterocycles. The SMILES string of the molecule is CCC(C)N(C)C(=O)CCOC1CCNCC1. The van der Waals surface area contributed by atoms with E-state index in [0.717, 1.165) is 32.4 Å². The number of hydrogen-bond acceptors (Lipinski definition) is 3. The van der Waals surface area contributed by atoms with Crippen molar-refractivity contribution in [2.45, 2.75) is 51.7 Å². The van der Waals surface area contributed by atoms with Crippen LogP contribution in [0, 0.1) is 0 Å². The number of hydrogen-bond donors (Lipinski definition) is 1. The van der Waals surface area contributed by atoms with Crippen LogP contribution < -0.4 is 5.32 Å². The average molecular weight is 242 g/mol. The molecule has 0 radical (unpaired) electrons. The van der Waals surface area contributed by atoms with E-state index in [4.69, 9.17) is 4.74 Å². The van der Waals surface area contributed by atoms with Crippen LogP contribution >= 0.6 is 0 Å². The van der Waals surface area contributed by atoms with Crippen molar-refractivity contribution in [2.24, 2.45) is 0 Å². The Labute approximate surface area is 105 Å². The molecular weight excluding hydrogens is 216 g/mol. The van der Waals surface area contributed by atoms with Gasteiger partial charge in [-0.2, -0.15) is 0 Å². The Morgan fingerprint density at radius 2 is 2.12 bits per heavy atom. The average Bonchev–Trinajstić information content (AvgIpc) is 2.38. The highest BCUT2D eigenvalue weighted by molar-refractivity contribution is 5.76. The third-order valence-electron chi connectivity index (χ3n) is 3.60. The lowest BCUT2D eigenvalue weighted by Crippen LogP contribution is -2.36. The summed E-state index contributed by atoms with van der Waals surface area (Å²) >= 11 is 0. The molecule has 1 fully saturated rings. The molecule has 100 valence electrons. The van der Waals surface area contributed by atoms with E-state index in [-0.39, 0.29) is 5.91 Å². The maximum Gasteiger partial charge on any atom is 0.224 e. The molecule has 1 aliphatic rings. The molecule has 4 nitrogen and oxygen atoms in total. The Bertz CT molecular complexity index is 227. The Hall–Kier alpha value is -0.610. The normalized spacial score (nSPS) is 19.0. The first kappa shape index (κ1) is 14.5. The van der Waals surface area contributed by atoms with Crippen molar-refractivity contribution in [3.8, 4) is 0 Å². The van der Waals surface area contributed by atoms with E-state index in [1.165, 1.54) is 0 Å². The molecule has 0 spiro atoms. The molecule has 1 aliphatic heterocycles. The fourth-order valence-corrected chi connectivity index (χ4v) is 1.97. The molecule has 1 amide bonds. The zero-order chi connectivity index (χ0) is 12.7. The summed E-state index contributed by atoms with van der Waals surface area (Å²) < 4.78 is 5.73. The van der Waals surface area contributed by atoms with Crippen molar-refractivity contribution in [1.29, 1.82) is 0 Å². The first-order valence-corrected chi connectivity index (χ1v) is 6.73. The molecule has 1 saturated heterocycles. The van der Waals surface area contributed by atoms with Gasteiger partial charge in [0.1, 0.15) is 0 Å². The van der Waals surface area contributed by atoms with E-state index in [2.05, 4.69) is 19.2 Å². The third kappa shape index (κ3) is 5.04. The van der Waals surface area contributed by atoms with Gasteiger partial charge in [-0.15, -0.1) is 0 Å². The van der Waals surface area contributed by atoms with E-state index < -0.39 is 0 Å². The van der Waals surface area contributed by atoms with Crippen LogP contribution in [0.1, 0.15) is 39.5 Å². The second kappa shape index (κ2) is 7.67. The lowest BCUT2D eigenvalue weighted by molar-refractivity contribution is -0.133. The summed E-state index contributed by atoms with van der Waals surface area (Å²) in [6.45, 7) is 6.80. The van der Waals surface area contributed by atoms with Gasteiger partial charge in [-0.1, -0.05) is 6.92 Å². The predicted octanol–water partition coefficient (Wildman–Crippen LogP) is 1.40. The fourth-order valence-electron chi connectivity index (χ4n) is 1.97. The van der Waals surface area contributed by atoms with Crippen molar-refractivity contribution in [2.75, 3.05) is 26.7 Å².